The van der Waals surface area contributed by atoms with Crippen molar-refractivity contribution in [2.45, 2.75) is 249 Å². The molecule has 0 spiro atoms. The van der Waals surface area contributed by atoms with Crippen LogP contribution in [0.15, 0.2) is 12.2 Å². The molecule has 2 rings (SSSR count). The van der Waals surface area contributed by atoms with Crippen molar-refractivity contribution in [1.82, 2.24) is 5.32 Å². The van der Waals surface area contributed by atoms with Gasteiger partial charge in [-0.2, -0.15) is 0 Å². The van der Waals surface area contributed by atoms with Gasteiger partial charge in [-0.1, -0.05) is 174 Å². The van der Waals surface area contributed by atoms with Gasteiger partial charge < -0.3 is 45.4 Å². The van der Waals surface area contributed by atoms with Crippen LogP contribution in [0.2, 0.25) is 0 Å². The average molecular weight is 798 g/mol. The number of aliphatic hydroxyl groups is 6. The van der Waals surface area contributed by atoms with Crippen LogP contribution in [0.5, 0.6) is 0 Å². The predicted molar refractivity (Wildman–Crippen MR) is 225 cm³/mol. The van der Waals surface area contributed by atoms with Gasteiger partial charge in [0.25, 0.3) is 0 Å². The Morgan fingerprint density at radius 3 is 1.73 bits per heavy atom. The van der Waals surface area contributed by atoms with Crippen molar-refractivity contribution in [2.24, 2.45) is 11.8 Å². The Kier molecular flexibility index (Phi) is 29.8. The first-order valence-corrected chi connectivity index (χ1v) is 23.5. The first-order chi connectivity index (χ1) is 27.2. The fourth-order valence-corrected chi connectivity index (χ4v) is 8.22. The van der Waals surface area contributed by atoms with Crippen LogP contribution in [0.1, 0.15) is 200 Å². The molecule has 2 aliphatic rings. The van der Waals surface area contributed by atoms with E-state index in [9.17, 15) is 35.4 Å². The molecule has 1 saturated heterocycles. The molecule has 10 heteroatoms. The van der Waals surface area contributed by atoms with E-state index in [0.717, 1.165) is 50.4 Å². The number of nitrogens with one attached hydrogen (secondary N) is 1. The number of allylic oxidation sites excluding steroid dienone is 2. The Morgan fingerprint density at radius 1 is 0.679 bits per heavy atom. The predicted octanol–water partition coefficient (Wildman–Crippen LogP) is 8.16. The molecule has 1 aliphatic carbocycles. The second-order valence-electron chi connectivity index (χ2n) is 17.3. The zero-order valence-corrected chi connectivity index (χ0v) is 35.8. The molecule has 7 N–H and O–H groups in total. The molecule has 1 saturated carbocycles. The summed E-state index contributed by atoms with van der Waals surface area (Å²) < 4.78 is 11.1. The van der Waals surface area contributed by atoms with Crippen LogP contribution in [-0.2, 0) is 14.3 Å². The van der Waals surface area contributed by atoms with Gasteiger partial charge in [0.1, 0.15) is 30.5 Å². The fraction of sp³-hybridized carbons (Fsp3) is 0.935. The molecule has 0 aromatic heterocycles. The highest BCUT2D eigenvalue weighted by molar-refractivity contribution is 5.76. The Bertz CT molecular complexity index is 967. The summed E-state index contributed by atoms with van der Waals surface area (Å²) >= 11 is 0. The Morgan fingerprint density at radius 2 is 1.18 bits per heavy atom. The summed E-state index contributed by atoms with van der Waals surface area (Å²) in [6.45, 7) is 3.59. The number of amides is 1. The summed E-state index contributed by atoms with van der Waals surface area (Å²) in [5, 5.41) is 65.1. The zero-order valence-electron chi connectivity index (χ0n) is 35.8. The molecule has 0 aromatic carbocycles. The maximum Gasteiger partial charge on any atom is 0.220 e. The Balaban J connectivity index is 1.68. The molecule has 56 heavy (non-hydrogen) atoms. The van der Waals surface area contributed by atoms with Gasteiger partial charge >= 0.3 is 0 Å². The Hall–Kier alpha value is -1.11. The minimum Gasteiger partial charge on any atom is -0.394 e. The van der Waals surface area contributed by atoms with E-state index >= 15 is 0 Å². The molecule has 0 radical (unpaired) electrons. The topological polar surface area (TPSA) is 169 Å². The number of aliphatic hydroxyl groups excluding tert-OH is 6. The number of hydrogen-bond acceptors (Lipinski definition) is 9. The van der Waals surface area contributed by atoms with Crippen LogP contribution in [0.3, 0.4) is 0 Å². The first kappa shape index (κ1) is 51.0. The summed E-state index contributed by atoms with van der Waals surface area (Å²) in [4.78, 5) is 13.0. The van der Waals surface area contributed by atoms with Crippen molar-refractivity contribution in [3.8, 4) is 0 Å². The Labute approximate surface area is 341 Å². The van der Waals surface area contributed by atoms with Crippen molar-refractivity contribution in [3.05, 3.63) is 12.2 Å². The minimum absolute atomic E-state index is 0.205. The summed E-state index contributed by atoms with van der Waals surface area (Å²) in [6.07, 6.45) is 28.5. The summed E-state index contributed by atoms with van der Waals surface area (Å²) in [7, 11) is 0. The van der Waals surface area contributed by atoms with Gasteiger partial charge in [-0.3, -0.25) is 4.79 Å². The van der Waals surface area contributed by atoms with Crippen LogP contribution < -0.4 is 5.32 Å². The molecule has 2 fully saturated rings. The lowest BCUT2D eigenvalue weighted by Gasteiger charge is -2.40. The van der Waals surface area contributed by atoms with Crippen molar-refractivity contribution < 1.29 is 44.9 Å². The van der Waals surface area contributed by atoms with E-state index in [1.165, 1.54) is 128 Å². The van der Waals surface area contributed by atoms with E-state index in [-0.39, 0.29) is 18.9 Å². The van der Waals surface area contributed by atoms with Crippen LogP contribution in [0.25, 0.3) is 0 Å². The summed E-state index contributed by atoms with van der Waals surface area (Å²) in [5.74, 6) is 1.60. The molecule has 1 aliphatic heterocycles. The van der Waals surface area contributed by atoms with Crippen molar-refractivity contribution in [3.63, 3.8) is 0 Å². The number of carbonyl (C=O) groups excluding carboxylic acids is 1. The number of rotatable bonds is 37. The number of ether oxygens (including phenoxy) is 2. The molecule has 10 unspecified atom stereocenters. The van der Waals surface area contributed by atoms with E-state index in [2.05, 4.69) is 25.2 Å². The van der Waals surface area contributed by atoms with Gasteiger partial charge in [0.2, 0.25) is 5.91 Å². The smallest absolute Gasteiger partial charge is 0.220 e. The lowest BCUT2D eigenvalue weighted by molar-refractivity contribution is -0.303. The highest BCUT2D eigenvalue weighted by Gasteiger charge is 2.44. The van der Waals surface area contributed by atoms with E-state index in [4.69, 9.17) is 9.47 Å². The molecule has 0 aromatic rings. The third kappa shape index (κ3) is 22.9. The minimum atomic E-state index is -1.61. The second-order valence-corrected chi connectivity index (χ2v) is 17.3. The van der Waals surface area contributed by atoms with E-state index in [0.29, 0.717) is 12.8 Å². The van der Waals surface area contributed by atoms with Gasteiger partial charge in [-0.15, -0.1) is 0 Å². The normalized spacial score (nSPS) is 25.4. The lowest BCUT2D eigenvalue weighted by Crippen LogP contribution is -2.60. The number of unbranched alkanes of at least 4 members (excludes halogenated alkanes) is 20. The highest BCUT2D eigenvalue weighted by atomic mass is 16.7. The fourth-order valence-electron chi connectivity index (χ4n) is 8.22. The van der Waals surface area contributed by atoms with Gasteiger partial charge in [0, 0.05) is 6.42 Å². The number of carbonyl (C=O) groups is 1. The van der Waals surface area contributed by atoms with E-state index < -0.39 is 55.6 Å². The molecule has 1 heterocycles. The monoisotopic (exact) mass is 798 g/mol. The lowest BCUT2D eigenvalue weighted by atomic mass is 9.98. The van der Waals surface area contributed by atoms with Crippen molar-refractivity contribution in [2.75, 3.05) is 13.2 Å². The van der Waals surface area contributed by atoms with Crippen LogP contribution >= 0.6 is 0 Å². The van der Waals surface area contributed by atoms with Gasteiger partial charge in [-0.25, -0.2) is 0 Å². The molecule has 10 atom stereocenters. The van der Waals surface area contributed by atoms with Crippen LogP contribution in [-0.4, -0.2) is 98.7 Å². The number of hydrogen-bond donors (Lipinski definition) is 7. The van der Waals surface area contributed by atoms with Gasteiger partial charge in [0.05, 0.1) is 25.4 Å². The van der Waals surface area contributed by atoms with Crippen LogP contribution in [0, 0.1) is 11.8 Å². The average Bonchev–Trinajstić information content (AvgIpc) is 3.95. The SMILES string of the molecule is CCCCCCCCCCCCCCC(O)C(O)C(COC1OC(CO)C(O)C(O)C1O)NC(=O)CC/C=C\CCCCC1CC1CCCCCCCCCC. The standard InChI is InChI=1S/C46H87NO9/c1-3-5-7-9-11-13-14-15-16-18-23-27-31-39(49)42(51)38(35-55-46-45(54)44(53)43(52)40(34-48)56-46)47-41(50)32-28-24-20-19-22-26-30-37-33-36(37)29-25-21-17-12-10-8-6-4-2/h20,24,36-40,42-46,48-49,51-54H,3-19,21-23,25-35H2,1-2H3,(H,47,50)/b24-20-. The molecule has 10 nitrogen and oxygen atoms in total. The van der Waals surface area contributed by atoms with Gasteiger partial charge in [-0.05, 0) is 43.9 Å². The quantitative estimate of drug-likeness (QED) is 0.0242. The highest BCUT2D eigenvalue weighted by Crippen LogP contribution is 2.45. The molecule has 0 bridgehead atoms. The third-order valence-electron chi connectivity index (χ3n) is 12.2. The van der Waals surface area contributed by atoms with E-state index in [1.807, 2.05) is 6.08 Å². The zero-order chi connectivity index (χ0) is 40.8. The maximum atomic E-state index is 13.0. The van der Waals surface area contributed by atoms with Crippen molar-refractivity contribution >= 4 is 5.91 Å². The van der Waals surface area contributed by atoms with Gasteiger partial charge in [0.15, 0.2) is 6.29 Å². The maximum absolute atomic E-state index is 13.0. The largest absolute Gasteiger partial charge is 0.394 e. The molecular weight excluding hydrogens is 711 g/mol. The molecule has 330 valence electrons. The first-order valence-electron chi connectivity index (χ1n) is 23.5. The second kappa shape index (κ2) is 32.7. The van der Waals surface area contributed by atoms with E-state index in [1.54, 1.807) is 0 Å². The van der Waals surface area contributed by atoms with Crippen LogP contribution in [0.4, 0.5) is 0 Å². The summed E-state index contributed by atoms with van der Waals surface area (Å²) in [5.41, 5.74) is 0. The molecular formula is C46H87NO9. The molecule has 1 amide bonds. The summed E-state index contributed by atoms with van der Waals surface area (Å²) in [6, 6.07) is -1.01. The van der Waals surface area contributed by atoms with Crippen molar-refractivity contribution in [1.29, 1.82) is 0 Å². The third-order valence-corrected chi connectivity index (χ3v) is 12.2.